The Balaban J connectivity index is 2.40. The lowest BCUT2D eigenvalue weighted by Gasteiger charge is -2.29. The number of nitrogens with zero attached hydrogens (tertiary/aromatic N) is 2. The Kier molecular flexibility index (Phi) is 3.92. The van der Waals surface area contributed by atoms with Crippen molar-refractivity contribution in [2.45, 2.75) is 46.7 Å². The van der Waals surface area contributed by atoms with Crippen molar-refractivity contribution in [3.8, 4) is 0 Å². The minimum Gasteiger partial charge on any atom is -0.271 e. The van der Waals surface area contributed by atoms with Gasteiger partial charge in [0.1, 0.15) is 0 Å². The molecule has 4 nitrogen and oxygen atoms in total. The molecule has 0 fully saturated rings. The van der Waals surface area contributed by atoms with E-state index in [1.807, 2.05) is 0 Å². The molecule has 2 rings (SSSR count). The number of hydrogen-bond acceptors (Lipinski definition) is 3. The van der Waals surface area contributed by atoms with Crippen molar-refractivity contribution in [2.75, 3.05) is 0 Å². The molecule has 2 aromatic rings. The maximum atomic E-state index is 5.71. The number of para-hydroxylation sites is 1. The number of hydrogen-bond donors (Lipinski definition) is 2. The number of rotatable bonds is 4. The molecule has 19 heavy (non-hydrogen) atoms. The van der Waals surface area contributed by atoms with Crippen LogP contribution in [0.2, 0.25) is 0 Å². The summed E-state index contributed by atoms with van der Waals surface area (Å²) in [7, 11) is 0. The van der Waals surface area contributed by atoms with Crippen LogP contribution < -0.4 is 11.3 Å². The zero-order chi connectivity index (χ0) is 14.0. The molecule has 0 aliphatic heterocycles. The first kappa shape index (κ1) is 14.0. The SMILES string of the molecule is CCn1nc(CC(NN)C(C)(C)C)c2ccccc21. The highest BCUT2D eigenvalue weighted by Crippen LogP contribution is 2.25. The van der Waals surface area contributed by atoms with Crippen LogP contribution in [0.3, 0.4) is 0 Å². The molecule has 0 saturated heterocycles. The van der Waals surface area contributed by atoms with E-state index in [1.54, 1.807) is 0 Å². The zero-order valence-corrected chi connectivity index (χ0v) is 12.3. The van der Waals surface area contributed by atoms with Crippen LogP contribution in [0.15, 0.2) is 24.3 Å². The number of benzene rings is 1. The number of fused-ring (bicyclic) bond motifs is 1. The third-order valence-corrected chi connectivity index (χ3v) is 3.68. The number of aryl methyl sites for hydroxylation is 1. The molecule has 0 amide bonds. The fourth-order valence-corrected chi connectivity index (χ4v) is 2.40. The van der Waals surface area contributed by atoms with Crippen LogP contribution in [0.1, 0.15) is 33.4 Å². The van der Waals surface area contributed by atoms with E-state index < -0.39 is 0 Å². The third kappa shape index (κ3) is 2.80. The quantitative estimate of drug-likeness (QED) is 0.656. The first-order valence-electron chi connectivity index (χ1n) is 6.88. The predicted octanol–water partition coefficient (Wildman–Crippen LogP) is 2.48. The molecule has 0 bridgehead atoms. The Morgan fingerprint density at radius 2 is 2.00 bits per heavy atom. The van der Waals surface area contributed by atoms with Crippen molar-refractivity contribution >= 4 is 10.9 Å². The van der Waals surface area contributed by atoms with Crippen LogP contribution in [0, 0.1) is 5.41 Å². The summed E-state index contributed by atoms with van der Waals surface area (Å²) >= 11 is 0. The first-order valence-corrected chi connectivity index (χ1v) is 6.88. The molecule has 3 N–H and O–H groups in total. The van der Waals surface area contributed by atoms with E-state index in [4.69, 9.17) is 10.9 Å². The Hall–Kier alpha value is -1.39. The average molecular weight is 260 g/mol. The van der Waals surface area contributed by atoms with E-state index in [0.717, 1.165) is 18.7 Å². The molecule has 0 saturated carbocycles. The van der Waals surface area contributed by atoms with E-state index in [9.17, 15) is 0 Å². The summed E-state index contributed by atoms with van der Waals surface area (Å²) in [5.74, 6) is 5.71. The maximum Gasteiger partial charge on any atom is 0.0719 e. The Morgan fingerprint density at radius 1 is 1.32 bits per heavy atom. The van der Waals surface area contributed by atoms with Crippen LogP contribution in [0.5, 0.6) is 0 Å². The van der Waals surface area contributed by atoms with Crippen LogP contribution in [0.25, 0.3) is 10.9 Å². The summed E-state index contributed by atoms with van der Waals surface area (Å²) in [6.45, 7) is 9.58. The van der Waals surface area contributed by atoms with Gasteiger partial charge >= 0.3 is 0 Å². The smallest absolute Gasteiger partial charge is 0.0719 e. The number of hydrazine groups is 1. The summed E-state index contributed by atoms with van der Waals surface area (Å²) < 4.78 is 2.06. The van der Waals surface area contributed by atoms with E-state index in [0.29, 0.717) is 0 Å². The fraction of sp³-hybridized carbons (Fsp3) is 0.533. The highest BCUT2D eigenvalue weighted by atomic mass is 15.3. The van der Waals surface area contributed by atoms with Gasteiger partial charge in [-0.3, -0.25) is 16.0 Å². The van der Waals surface area contributed by atoms with Crippen LogP contribution in [0.4, 0.5) is 0 Å². The predicted molar refractivity (Wildman–Crippen MR) is 79.7 cm³/mol. The highest BCUT2D eigenvalue weighted by Gasteiger charge is 2.25. The maximum absolute atomic E-state index is 5.71. The van der Waals surface area contributed by atoms with Crippen LogP contribution >= 0.6 is 0 Å². The minimum atomic E-state index is 0.103. The Labute approximate surface area is 114 Å². The van der Waals surface area contributed by atoms with Gasteiger partial charge in [-0.15, -0.1) is 0 Å². The van der Waals surface area contributed by atoms with Crippen molar-refractivity contribution in [3.05, 3.63) is 30.0 Å². The third-order valence-electron chi connectivity index (χ3n) is 3.68. The van der Waals surface area contributed by atoms with Gasteiger partial charge in [0.05, 0.1) is 11.2 Å². The molecule has 1 aromatic heterocycles. The molecule has 0 radical (unpaired) electrons. The van der Waals surface area contributed by atoms with Crippen molar-refractivity contribution < 1.29 is 0 Å². The largest absolute Gasteiger partial charge is 0.271 e. The fourth-order valence-electron chi connectivity index (χ4n) is 2.40. The van der Waals surface area contributed by atoms with Gasteiger partial charge in [-0.25, -0.2) is 0 Å². The molecular weight excluding hydrogens is 236 g/mol. The van der Waals surface area contributed by atoms with E-state index in [-0.39, 0.29) is 11.5 Å². The van der Waals surface area contributed by atoms with Gasteiger partial charge in [0.25, 0.3) is 0 Å². The second-order valence-electron chi connectivity index (χ2n) is 6.07. The number of nitrogens with two attached hydrogens (primary N) is 1. The summed E-state index contributed by atoms with van der Waals surface area (Å²) in [5, 5.41) is 5.96. The summed E-state index contributed by atoms with van der Waals surface area (Å²) in [5.41, 5.74) is 5.36. The minimum absolute atomic E-state index is 0.103. The van der Waals surface area contributed by atoms with Crippen molar-refractivity contribution in [1.82, 2.24) is 15.2 Å². The molecule has 0 aliphatic rings. The molecule has 1 atom stereocenters. The van der Waals surface area contributed by atoms with Gasteiger partial charge in [-0.1, -0.05) is 39.0 Å². The lowest BCUT2D eigenvalue weighted by atomic mass is 9.84. The van der Waals surface area contributed by atoms with Gasteiger partial charge in [0, 0.05) is 24.4 Å². The lowest BCUT2D eigenvalue weighted by molar-refractivity contribution is 0.267. The van der Waals surface area contributed by atoms with Gasteiger partial charge in [-0.2, -0.15) is 5.10 Å². The van der Waals surface area contributed by atoms with Gasteiger partial charge in [-0.05, 0) is 18.4 Å². The molecule has 1 heterocycles. The van der Waals surface area contributed by atoms with Crippen molar-refractivity contribution in [3.63, 3.8) is 0 Å². The highest BCUT2D eigenvalue weighted by molar-refractivity contribution is 5.82. The van der Waals surface area contributed by atoms with Crippen molar-refractivity contribution in [2.24, 2.45) is 11.3 Å². The average Bonchev–Trinajstić information content (AvgIpc) is 2.73. The standard InChI is InChI=1S/C15H24N4/c1-5-19-13-9-7-6-8-11(13)12(18-19)10-14(17-16)15(2,3)4/h6-9,14,17H,5,10,16H2,1-4H3. The van der Waals surface area contributed by atoms with Crippen LogP contribution in [-0.2, 0) is 13.0 Å². The van der Waals surface area contributed by atoms with Gasteiger partial charge in [0.2, 0.25) is 0 Å². The Morgan fingerprint density at radius 3 is 2.58 bits per heavy atom. The molecular formula is C15H24N4. The number of nitrogens with one attached hydrogen (secondary N) is 1. The molecule has 0 aliphatic carbocycles. The monoisotopic (exact) mass is 260 g/mol. The second-order valence-corrected chi connectivity index (χ2v) is 6.07. The normalized spacial score (nSPS) is 13.9. The van der Waals surface area contributed by atoms with E-state index in [1.165, 1.54) is 10.9 Å². The summed E-state index contributed by atoms with van der Waals surface area (Å²) in [6, 6.07) is 8.59. The lowest BCUT2D eigenvalue weighted by Crippen LogP contribution is -2.45. The Bertz CT molecular complexity index is 551. The molecule has 1 unspecified atom stereocenters. The second kappa shape index (κ2) is 5.31. The molecule has 104 valence electrons. The summed E-state index contributed by atoms with van der Waals surface area (Å²) in [4.78, 5) is 0. The van der Waals surface area contributed by atoms with E-state index >= 15 is 0 Å². The molecule has 1 aromatic carbocycles. The van der Waals surface area contributed by atoms with Gasteiger partial charge in [0.15, 0.2) is 0 Å². The van der Waals surface area contributed by atoms with Crippen LogP contribution in [-0.4, -0.2) is 15.8 Å². The van der Waals surface area contributed by atoms with Crippen molar-refractivity contribution in [1.29, 1.82) is 0 Å². The topological polar surface area (TPSA) is 55.9 Å². The van der Waals surface area contributed by atoms with E-state index in [2.05, 4.69) is 62.1 Å². The summed E-state index contributed by atoms with van der Waals surface area (Å²) in [6.07, 6.45) is 0.841. The number of aromatic nitrogens is 2. The molecule has 4 heteroatoms. The molecule has 0 spiro atoms. The van der Waals surface area contributed by atoms with Gasteiger partial charge < -0.3 is 0 Å². The first-order chi connectivity index (χ1) is 8.97. The zero-order valence-electron chi connectivity index (χ0n) is 12.3.